The quantitative estimate of drug-likeness (QED) is 0.650. The molecule has 2 rings (SSSR count). The van der Waals surface area contributed by atoms with E-state index in [0.717, 1.165) is 22.4 Å². The number of benzene rings is 2. The molecule has 0 fully saturated rings. The zero-order valence-electron chi connectivity index (χ0n) is 11.3. The van der Waals surface area contributed by atoms with Crippen molar-refractivity contribution < 1.29 is 4.74 Å². The third-order valence-corrected chi connectivity index (χ3v) is 3.84. The fourth-order valence-corrected chi connectivity index (χ4v) is 2.31. The summed E-state index contributed by atoms with van der Waals surface area (Å²) in [5.74, 6) is 1.98. The Morgan fingerprint density at radius 1 is 1.00 bits per heavy atom. The molecular formula is C16H16Cl2O. The van der Waals surface area contributed by atoms with Gasteiger partial charge in [0.1, 0.15) is 11.5 Å². The van der Waals surface area contributed by atoms with Gasteiger partial charge >= 0.3 is 0 Å². The topological polar surface area (TPSA) is 9.23 Å². The van der Waals surface area contributed by atoms with Gasteiger partial charge in [-0.05, 0) is 55.2 Å². The molecule has 0 radical (unpaired) electrons. The lowest BCUT2D eigenvalue weighted by Gasteiger charge is -2.15. The number of hydrogen-bond acceptors (Lipinski definition) is 1. The van der Waals surface area contributed by atoms with Crippen molar-refractivity contribution in [1.29, 1.82) is 0 Å². The van der Waals surface area contributed by atoms with Crippen molar-refractivity contribution in [2.75, 3.05) is 0 Å². The molecule has 0 heterocycles. The van der Waals surface area contributed by atoms with Crippen LogP contribution in [0.3, 0.4) is 0 Å². The minimum absolute atomic E-state index is 0.447. The first-order valence-corrected chi connectivity index (χ1v) is 7.03. The van der Waals surface area contributed by atoms with Crippen LogP contribution in [0.5, 0.6) is 11.5 Å². The van der Waals surface area contributed by atoms with Crippen LogP contribution in [0.2, 0.25) is 5.02 Å². The maximum atomic E-state index is 6.22. The SMILES string of the molecule is Cc1ccc(C)c(Oc2ccc(CCl)cc2Cl)c1C. The predicted octanol–water partition coefficient (Wildman–Crippen LogP) is 5.80. The lowest BCUT2D eigenvalue weighted by atomic mass is 10.1. The van der Waals surface area contributed by atoms with Gasteiger partial charge in [-0.3, -0.25) is 0 Å². The standard InChI is InChI=1S/C16H16Cl2O/c1-10-4-5-11(2)16(12(10)3)19-15-7-6-13(9-17)8-14(15)18/h4-8H,9H2,1-3H3. The second-order valence-electron chi connectivity index (χ2n) is 4.65. The Morgan fingerprint density at radius 2 is 1.68 bits per heavy atom. The van der Waals surface area contributed by atoms with Gasteiger partial charge in [0.05, 0.1) is 5.02 Å². The molecule has 0 aliphatic carbocycles. The molecule has 0 amide bonds. The molecule has 0 aliphatic heterocycles. The monoisotopic (exact) mass is 294 g/mol. The van der Waals surface area contributed by atoms with Gasteiger partial charge in [-0.15, -0.1) is 11.6 Å². The fourth-order valence-electron chi connectivity index (χ4n) is 1.90. The van der Waals surface area contributed by atoms with E-state index in [1.807, 2.05) is 25.1 Å². The van der Waals surface area contributed by atoms with Gasteiger partial charge in [0, 0.05) is 5.88 Å². The van der Waals surface area contributed by atoms with Crippen LogP contribution in [0.15, 0.2) is 30.3 Å². The van der Waals surface area contributed by atoms with E-state index in [2.05, 4.69) is 26.0 Å². The molecule has 0 atom stereocenters. The Bertz CT molecular complexity index is 606. The fraction of sp³-hybridized carbons (Fsp3) is 0.250. The van der Waals surface area contributed by atoms with Gasteiger partial charge in [-0.2, -0.15) is 0 Å². The Balaban J connectivity index is 2.39. The highest BCUT2D eigenvalue weighted by Gasteiger charge is 2.10. The average molecular weight is 295 g/mol. The summed E-state index contributed by atoms with van der Waals surface area (Å²) in [5.41, 5.74) is 4.42. The predicted molar refractivity (Wildman–Crippen MR) is 81.7 cm³/mol. The van der Waals surface area contributed by atoms with Crippen LogP contribution in [0.1, 0.15) is 22.3 Å². The van der Waals surface area contributed by atoms with Gasteiger partial charge in [0.25, 0.3) is 0 Å². The van der Waals surface area contributed by atoms with E-state index in [4.69, 9.17) is 27.9 Å². The first kappa shape index (κ1) is 14.2. The molecule has 100 valence electrons. The number of hydrogen-bond donors (Lipinski definition) is 0. The number of alkyl halides is 1. The van der Waals surface area contributed by atoms with Crippen LogP contribution in [-0.4, -0.2) is 0 Å². The molecule has 2 aromatic rings. The van der Waals surface area contributed by atoms with Crippen LogP contribution in [-0.2, 0) is 5.88 Å². The van der Waals surface area contributed by atoms with Crippen LogP contribution in [0.25, 0.3) is 0 Å². The summed E-state index contributed by atoms with van der Waals surface area (Å²) >= 11 is 12.0. The maximum absolute atomic E-state index is 6.22. The third kappa shape index (κ3) is 3.05. The lowest BCUT2D eigenvalue weighted by molar-refractivity contribution is 0.474. The highest BCUT2D eigenvalue weighted by atomic mass is 35.5. The van der Waals surface area contributed by atoms with E-state index in [1.54, 1.807) is 0 Å². The normalized spacial score (nSPS) is 10.6. The van der Waals surface area contributed by atoms with Gasteiger partial charge in [0.15, 0.2) is 0 Å². The van der Waals surface area contributed by atoms with Crippen molar-refractivity contribution in [3.63, 3.8) is 0 Å². The largest absolute Gasteiger partial charge is 0.455 e. The van der Waals surface area contributed by atoms with Crippen molar-refractivity contribution in [3.8, 4) is 11.5 Å². The van der Waals surface area contributed by atoms with Crippen LogP contribution in [0.4, 0.5) is 0 Å². The third-order valence-electron chi connectivity index (χ3n) is 3.24. The average Bonchev–Trinajstić information content (AvgIpc) is 2.40. The van der Waals surface area contributed by atoms with Gasteiger partial charge < -0.3 is 4.74 Å². The molecule has 0 saturated carbocycles. The first-order chi connectivity index (χ1) is 9.02. The minimum Gasteiger partial charge on any atom is -0.455 e. The molecule has 0 unspecified atom stereocenters. The highest BCUT2D eigenvalue weighted by Crippen LogP contribution is 2.35. The van der Waals surface area contributed by atoms with Crippen molar-refractivity contribution in [1.82, 2.24) is 0 Å². The summed E-state index contributed by atoms with van der Waals surface area (Å²) in [5, 5.41) is 0.582. The Labute approximate surface area is 124 Å². The minimum atomic E-state index is 0.447. The van der Waals surface area contributed by atoms with E-state index in [-0.39, 0.29) is 0 Å². The zero-order chi connectivity index (χ0) is 14.0. The molecule has 0 N–H and O–H groups in total. The van der Waals surface area contributed by atoms with Gasteiger partial charge in [0.2, 0.25) is 0 Å². The molecule has 1 nitrogen and oxygen atoms in total. The molecule has 0 bridgehead atoms. The Morgan fingerprint density at radius 3 is 2.32 bits per heavy atom. The van der Waals surface area contributed by atoms with Crippen LogP contribution in [0, 0.1) is 20.8 Å². The molecule has 2 aromatic carbocycles. The summed E-state index contributed by atoms with van der Waals surface area (Å²) in [6.45, 7) is 6.15. The molecular weight excluding hydrogens is 279 g/mol. The number of halogens is 2. The number of rotatable bonds is 3. The molecule has 0 saturated heterocycles. The summed E-state index contributed by atoms with van der Waals surface area (Å²) in [4.78, 5) is 0. The second-order valence-corrected chi connectivity index (χ2v) is 5.33. The first-order valence-electron chi connectivity index (χ1n) is 6.12. The van der Waals surface area contributed by atoms with Crippen LogP contribution < -0.4 is 4.74 Å². The summed E-state index contributed by atoms with van der Waals surface area (Å²) in [7, 11) is 0. The van der Waals surface area contributed by atoms with Crippen LogP contribution >= 0.6 is 23.2 Å². The number of ether oxygens (including phenoxy) is 1. The van der Waals surface area contributed by atoms with E-state index in [0.29, 0.717) is 16.7 Å². The molecule has 3 heteroatoms. The van der Waals surface area contributed by atoms with Crippen molar-refractivity contribution in [2.24, 2.45) is 0 Å². The smallest absolute Gasteiger partial charge is 0.146 e. The van der Waals surface area contributed by atoms with Gasteiger partial charge in [-0.25, -0.2) is 0 Å². The second kappa shape index (κ2) is 5.85. The Hall–Kier alpha value is -1.18. The van der Waals surface area contributed by atoms with Crippen molar-refractivity contribution in [2.45, 2.75) is 26.7 Å². The molecule has 0 aromatic heterocycles. The van der Waals surface area contributed by atoms with E-state index in [1.165, 1.54) is 5.56 Å². The number of aryl methyl sites for hydroxylation is 2. The van der Waals surface area contributed by atoms with Crippen molar-refractivity contribution >= 4 is 23.2 Å². The molecule has 0 spiro atoms. The van der Waals surface area contributed by atoms with E-state index >= 15 is 0 Å². The summed E-state index contributed by atoms with van der Waals surface area (Å²) < 4.78 is 5.98. The summed E-state index contributed by atoms with van der Waals surface area (Å²) in [6, 6.07) is 9.77. The lowest BCUT2D eigenvalue weighted by Crippen LogP contribution is -1.94. The molecule has 0 aliphatic rings. The van der Waals surface area contributed by atoms with E-state index < -0.39 is 0 Å². The van der Waals surface area contributed by atoms with Crippen molar-refractivity contribution in [3.05, 3.63) is 57.6 Å². The Kier molecular flexibility index (Phi) is 4.38. The maximum Gasteiger partial charge on any atom is 0.146 e. The van der Waals surface area contributed by atoms with Gasteiger partial charge in [-0.1, -0.05) is 29.8 Å². The molecule has 19 heavy (non-hydrogen) atoms. The summed E-state index contributed by atoms with van der Waals surface area (Å²) in [6.07, 6.45) is 0. The highest BCUT2D eigenvalue weighted by molar-refractivity contribution is 6.32. The van der Waals surface area contributed by atoms with E-state index in [9.17, 15) is 0 Å². The zero-order valence-corrected chi connectivity index (χ0v) is 12.8.